The van der Waals surface area contributed by atoms with Crippen molar-refractivity contribution in [3.63, 3.8) is 0 Å². The van der Waals surface area contributed by atoms with Gasteiger partial charge >= 0.3 is 0 Å². The fraction of sp³-hybridized carbons (Fsp3) is 0.308. The van der Waals surface area contributed by atoms with Crippen LogP contribution in [0, 0.1) is 0 Å². The summed E-state index contributed by atoms with van der Waals surface area (Å²) in [7, 11) is -1.95. The van der Waals surface area contributed by atoms with Crippen molar-refractivity contribution in [2.24, 2.45) is 7.05 Å². The first-order valence-electron chi connectivity index (χ1n) is 6.13. The van der Waals surface area contributed by atoms with Gasteiger partial charge in [0.15, 0.2) is 5.03 Å². The van der Waals surface area contributed by atoms with Crippen molar-refractivity contribution in [1.82, 2.24) is 14.5 Å². The van der Waals surface area contributed by atoms with Gasteiger partial charge in [-0.3, -0.25) is 4.68 Å². The number of sulfonamides is 1. The van der Waals surface area contributed by atoms with Gasteiger partial charge in [-0.1, -0.05) is 46.3 Å². The minimum atomic E-state index is -3.56. The summed E-state index contributed by atoms with van der Waals surface area (Å²) < 4.78 is 28.6. The summed E-state index contributed by atoms with van der Waals surface area (Å²) >= 11 is 3.36. The van der Waals surface area contributed by atoms with Crippen LogP contribution in [-0.4, -0.2) is 29.6 Å². The van der Waals surface area contributed by atoms with Crippen molar-refractivity contribution in [2.45, 2.75) is 17.5 Å². The smallest absolute Gasteiger partial charge is 0.256 e. The maximum Gasteiger partial charge on any atom is 0.257 e. The zero-order chi connectivity index (χ0) is 14.6. The van der Waals surface area contributed by atoms with Crippen LogP contribution in [0.3, 0.4) is 0 Å². The number of aryl methyl sites for hydroxylation is 1. The van der Waals surface area contributed by atoms with Crippen LogP contribution in [0.25, 0.3) is 0 Å². The fourth-order valence-electron chi connectivity index (χ4n) is 1.93. The molecule has 0 spiro atoms. The number of hydrogen-bond donors (Lipinski definition) is 1. The molecule has 1 atom stereocenters. The summed E-state index contributed by atoms with van der Waals surface area (Å²) in [5.41, 5.74) is 1.09. The normalized spacial score (nSPS) is 13.3. The van der Waals surface area contributed by atoms with E-state index in [1.807, 2.05) is 30.3 Å². The summed E-state index contributed by atoms with van der Waals surface area (Å²) in [6.45, 7) is 0. The predicted octanol–water partition coefficient (Wildman–Crippen LogP) is 1.70. The second kappa shape index (κ2) is 6.51. The second-order valence-corrected chi connectivity index (χ2v) is 6.76. The van der Waals surface area contributed by atoms with Gasteiger partial charge in [0.25, 0.3) is 10.0 Å². The third-order valence-electron chi connectivity index (χ3n) is 2.88. The van der Waals surface area contributed by atoms with Gasteiger partial charge in [-0.2, -0.15) is 5.10 Å². The molecule has 0 radical (unpaired) electrons. The highest BCUT2D eigenvalue weighted by molar-refractivity contribution is 9.09. The van der Waals surface area contributed by atoms with Crippen LogP contribution in [0.4, 0.5) is 0 Å². The lowest BCUT2D eigenvalue weighted by atomic mass is 10.1. The van der Waals surface area contributed by atoms with Crippen LogP contribution >= 0.6 is 15.9 Å². The fourth-order valence-corrected chi connectivity index (χ4v) is 3.90. The number of hydrogen-bond acceptors (Lipinski definition) is 3. The second-order valence-electron chi connectivity index (χ2n) is 4.46. The number of nitrogens with zero attached hydrogens (tertiary/aromatic N) is 2. The molecule has 7 heteroatoms. The Labute approximate surface area is 127 Å². The lowest BCUT2D eigenvalue weighted by molar-refractivity contribution is 0.546. The van der Waals surface area contributed by atoms with E-state index in [9.17, 15) is 8.42 Å². The molecule has 1 aromatic carbocycles. The van der Waals surface area contributed by atoms with Crippen LogP contribution in [0.15, 0.2) is 47.6 Å². The molecule has 0 fully saturated rings. The highest BCUT2D eigenvalue weighted by Crippen LogP contribution is 2.11. The van der Waals surface area contributed by atoms with Crippen molar-refractivity contribution in [3.05, 3.63) is 48.2 Å². The van der Waals surface area contributed by atoms with Crippen molar-refractivity contribution < 1.29 is 8.42 Å². The number of halogens is 1. The van der Waals surface area contributed by atoms with Crippen molar-refractivity contribution in [2.75, 3.05) is 5.33 Å². The highest BCUT2D eigenvalue weighted by Gasteiger charge is 2.22. The topological polar surface area (TPSA) is 64.0 Å². The van der Waals surface area contributed by atoms with Gasteiger partial charge in [0.2, 0.25) is 0 Å². The number of rotatable bonds is 6. The van der Waals surface area contributed by atoms with Gasteiger partial charge in [0, 0.05) is 18.4 Å². The molecule has 0 aliphatic heterocycles. The van der Waals surface area contributed by atoms with Crippen molar-refractivity contribution >= 4 is 26.0 Å². The van der Waals surface area contributed by atoms with Crippen LogP contribution in [-0.2, 0) is 23.5 Å². The summed E-state index contributed by atoms with van der Waals surface area (Å²) in [5.74, 6) is 0. The molecule has 1 N–H and O–H groups in total. The molecule has 1 unspecified atom stereocenters. The molecule has 0 aliphatic carbocycles. The van der Waals surface area contributed by atoms with Gasteiger partial charge in [0.05, 0.1) is 6.20 Å². The molecule has 0 amide bonds. The minimum absolute atomic E-state index is 0.163. The Bertz CT molecular complexity index is 655. The molecule has 20 heavy (non-hydrogen) atoms. The van der Waals surface area contributed by atoms with Gasteiger partial charge < -0.3 is 0 Å². The highest BCUT2D eigenvalue weighted by atomic mass is 79.9. The first kappa shape index (κ1) is 15.2. The Morgan fingerprint density at radius 3 is 2.55 bits per heavy atom. The van der Waals surface area contributed by atoms with E-state index in [1.165, 1.54) is 16.9 Å². The summed E-state index contributed by atoms with van der Waals surface area (Å²) in [4.78, 5) is 0. The predicted molar refractivity (Wildman–Crippen MR) is 81.3 cm³/mol. The summed E-state index contributed by atoms with van der Waals surface area (Å²) in [6, 6.07) is 11.1. The number of alkyl halides is 1. The van der Waals surface area contributed by atoms with E-state index in [-0.39, 0.29) is 11.1 Å². The molecule has 0 aliphatic rings. The minimum Gasteiger partial charge on any atom is -0.256 e. The molecular weight excluding hydrogens is 342 g/mol. The SMILES string of the molecule is Cn1nccc1S(=O)(=O)NC(CBr)Cc1ccccc1. The van der Waals surface area contributed by atoms with Crippen molar-refractivity contribution in [1.29, 1.82) is 0 Å². The van der Waals surface area contributed by atoms with Gasteiger partial charge in [-0.25, -0.2) is 13.1 Å². The third-order valence-corrected chi connectivity index (χ3v) is 5.26. The van der Waals surface area contributed by atoms with Crippen LogP contribution < -0.4 is 4.72 Å². The Morgan fingerprint density at radius 1 is 1.30 bits per heavy atom. The number of aromatic nitrogens is 2. The van der Waals surface area contributed by atoms with E-state index in [0.29, 0.717) is 11.8 Å². The Morgan fingerprint density at radius 2 is 2.00 bits per heavy atom. The maximum atomic E-state index is 12.3. The molecule has 108 valence electrons. The first-order valence-corrected chi connectivity index (χ1v) is 8.73. The van der Waals surface area contributed by atoms with Crippen LogP contribution in [0.2, 0.25) is 0 Å². The molecule has 5 nitrogen and oxygen atoms in total. The molecule has 1 heterocycles. The van der Waals surface area contributed by atoms with Crippen LogP contribution in [0.5, 0.6) is 0 Å². The number of nitrogens with one attached hydrogen (secondary N) is 1. The zero-order valence-electron chi connectivity index (χ0n) is 11.0. The van der Waals surface area contributed by atoms with E-state index in [4.69, 9.17) is 0 Å². The standard InChI is InChI=1S/C13H16BrN3O2S/c1-17-13(7-8-15-17)20(18,19)16-12(10-14)9-11-5-3-2-4-6-11/h2-8,12,16H,9-10H2,1H3. The average molecular weight is 358 g/mol. The van der Waals surface area contributed by atoms with E-state index >= 15 is 0 Å². The largest absolute Gasteiger partial charge is 0.257 e. The lowest BCUT2D eigenvalue weighted by Crippen LogP contribution is -2.38. The molecule has 0 saturated carbocycles. The molecular formula is C13H16BrN3O2S. The summed E-state index contributed by atoms with van der Waals surface area (Å²) in [6.07, 6.45) is 2.10. The first-order chi connectivity index (χ1) is 9.53. The average Bonchev–Trinajstić information content (AvgIpc) is 2.86. The van der Waals surface area contributed by atoms with E-state index in [2.05, 4.69) is 25.8 Å². The van der Waals surface area contributed by atoms with Gasteiger partial charge in [0.1, 0.15) is 0 Å². The quantitative estimate of drug-likeness (QED) is 0.800. The maximum absolute atomic E-state index is 12.3. The Kier molecular flexibility index (Phi) is 4.95. The molecule has 1 aromatic heterocycles. The monoisotopic (exact) mass is 357 g/mol. The van der Waals surface area contributed by atoms with Crippen LogP contribution in [0.1, 0.15) is 5.56 Å². The van der Waals surface area contributed by atoms with E-state index in [0.717, 1.165) is 5.56 Å². The molecule has 0 bridgehead atoms. The van der Waals surface area contributed by atoms with Gasteiger partial charge in [-0.05, 0) is 18.1 Å². The van der Waals surface area contributed by atoms with Crippen molar-refractivity contribution in [3.8, 4) is 0 Å². The van der Waals surface area contributed by atoms with E-state index < -0.39 is 10.0 Å². The Balaban J connectivity index is 2.12. The molecule has 2 aromatic rings. The molecule has 2 rings (SSSR count). The van der Waals surface area contributed by atoms with E-state index in [1.54, 1.807) is 7.05 Å². The zero-order valence-corrected chi connectivity index (χ0v) is 13.4. The third kappa shape index (κ3) is 3.68. The number of benzene rings is 1. The lowest BCUT2D eigenvalue weighted by Gasteiger charge is -2.16. The molecule has 0 saturated heterocycles. The Hall–Kier alpha value is -1.18. The summed E-state index contributed by atoms with van der Waals surface area (Å²) in [5, 5.41) is 4.59. The van der Waals surface area contributed by atoms with Gasteiger partial charge in [-0.15, -0.1) is 0 Å².